The minimum absolute atomic E-state index is 0.185. The normalized spacial score (nSPS) is 16.4. The van der Waals surface area contributed by atoms with Crippen LogP contribution in [0.3, 0.4) is 0 Å². The van der Waals surface area contributed by atoms with Gasteiger partial charge in [-0.1, -0.05) is 19.6 Å². The Bertz CT molecular complexity index is 1330. The van der Waals surface area contributed by atoms with Crippen molar-refractivity contribution >= 4 is 25.2 Å². The van der Waals surface area contributed by atoms with Crippen LogP contribution >= 0.6 is 0 Å². The van der Waals surface area contributed by atoms with Gasteiger partial charge in [0.05, 0.1) is 12.0 Å². The Balaban J connectivity index is 1.59. The third-order valence-electron chi connectivity index (χ3n) is 6.86. The van der Waals surface area contributed by atoms with Crippen LogP contribution < -0.4 is 4.74 Å². The number of likely N-dealkylation sites (tertiary alicyclic amines) is 1. The summed E-state index contributed by atoms with van der Waals surface area (Å²) in [5.41, 5.74) is 3.23. The first kappa shape index (κ1) is 30.0. The number of amides is 1. The second-order valence-electron chi connectivity index (χ2n) is 13.1. The highest BCUT2D eigenvalue weighted by atomic mass is 28.3. The van der Waals surface area contributed by atoms with Crippen molar-refractivity contribution in [3.63, 3.8) is 0 Å². The summed E-state index contributed by atoms with van der Waals surface area (Å²) in [6.45, 7) is 19.5. The van der Waals surface area contributed by atoms with E-state index < -0.39 is 13.7 Å². The topological polar surface area (TPSA) is 91.6 Å². The summed E-state index contributed by atoms with van der Waals surface area (Å²) >= 11 is 0. The number of ether oxygens (including phenoxy) is 3. The summed E-state index contributed by atoms with van der Waals surface area (Å²) in [5, 5.41) is 0.866. The second-order valence-corrected chi connectivity index (χ2v) is 18.7. The molecule has 218 valence electrons. The van der Waals surface area contributed by atoms with E-state index in [0.717, 1.165) is 53.3 Å². The molecule has 0 spiro atoms. The summed E-state index contributed by atoms with van der Waals surface area (Å²) in [6, 6.07) is 5.17. The average Bonchev–Trinajstić information content (AvgIpc) is 3.22. The number of aryl methyl sites for hydroxylation is 2. The van der Waals surface area contributed by atoms with Gasteiger partial charge in [0.15, 0.2) is 0 Å². The number of rotatable bonds is 9. The molecule has 1 aliphatic heterocycles. The zero-order chi connectivity index (χ0) is 29.1. The molecule has 1 amide bonds. The highest BCUT2D eigenvalue weighted by Crippen LogP contribution is 2.36. The summed E-state index contributed by atoms with van der Waals surface area (Å²) in [5.74, 6) is 1.38. The van der Waals surface area contributed by atoms with Crippen LogP contribution in [0.15, 0.2) is 24.5 Å². The van der Waals surface area contributed by atoms with Gasteiger partial charge in [-0.25, -0.2) is 9.78 Å². The first-order valence-corrected chi connectivity index (χ1v) is 18.0. The number of fused-ring (bicyclic) bond motifs is 1. The maximum absolute atomic E-state index is 12.7. The lowest BCUT2D eigenvalue weighted by Crippen LogP contribution is -2.44. The second kappa shape index (κ2) is 12.3. The van der Waals surface area contributed by atoms with Crippen LogP contribution in [-0.4, -0.2) is 70.5 Å². The largest absolute Gasteiger partial charge is 0.477 e. The van der Waals surface area contributed by atoms with E-state index in [4.69, 9.17) is 24.2 Å². The summed E-state index contributed by atoms with van der Waals surface area (Å²) in [7, 11) is -1.19. The van der Waals surface area contributed by atoms with Crippen LogP contribution in [-0.2, 0) is 16.2 Å². The van der Waals surface area contributed by atoms with Crippen molar-refractivity contribution in [1.82, 2.24) is 24.4 Å². The van der Waals surface area contributed by atoms with Gasteiger partial charge >= 0.3 is 6.09 Å². The Morgan fingerprint density at radius 2 is 1.95 bits per heavy atom. The van der Waals surface area contributed by atoms with E-state index in [0.29, 0.717) is 38.1 Å². The molecule has 0 saturated carbocycles. The van der Waals surface area contributed by atoms with Crippen molar-refractivity contribution < 1.29 is 19.0 Å². The van der Waals surface area contributed by atoms with Gasteiger partial charge in [-0.2, -0.15) is 4.98 Å². The van der Waals surface area contributed by atoms with E-state index in [-0.39, 0.29) is 12.0 Å². The predicted octanol–water partition coefficient (Wildman–Crippen LogP) is 6.45. The van der Waals surface area contributed by atoms with Gasteiger partial charge in [0.2, 0.25) is 5.88 Å². The molecule has 1 saturated heterocycles. The molecule has 1 fully saturated rings. The number of aromatic nitrogens is 4. The Morgan fingerprint density at radius 1 is 1.18 bits per heavy atom. The molecule has 9 nitrogen and oxygen atoms in total. The first-order valence-electron chi connectivity index (χ1n) is 14.3. The van der Waals surface area contributed by atoms with E-state index in [1.165, 1.54) is 0 Å². The molecular formula is C30H45N5O4Si. The molecule has 0 bridgehead atoms. The number of hydrogen-bond acceptors (Lipinski definition) is 7. The van der Waals surface area contributed by atoms with Crippen LogP contribution in [0.25, 0.3) is 22.2 Å². The van der Waals surface area contributed by atoms with E-state index in [2.05, 4.69) is 41.5 Å². The molecule has 4 heterocycles. The molecular weight excluding hydrogens is 522 g/mol. The zero-order valence-electron chi connectivity index (χ0n) is 25.4. The fraction of sp³-hybridized carbons (Fsp3) is 0.600. The van der Waals surface area contributed by atoms with Gasteiger partial charge in [-0.15, -0.1) is 0 Å². The van der Waals surface area contributed by atoms with Crippen LogP contribution in [0.2, 0.25) is 25.7 Å². The molecule has 40 heavy (non-hydrogen) atoms. The van der Waals surface area contributed by atoms with E-state index in [1.54, 1.807) is 4.90 Å². The van der Waals surface area contributed by atoms with Crippen molar-refractivity contribution in [2.45, 2.75) is 85.5 Å². The molecule has 0 unspecified atom stereocenters. The average molecular weight is 568 g/mol. The van der Waals surface area contributed by atoms with Crippen molar-refractivity contribution in [3.8, 4) is 17.0 Å². The fourth-order valence-electron chi connectivity index (χ4n) is 4.82. The molecule has 0 N–H and O–H groups in total. The van der Waals surface area contributed by atoms with Gasteiger partial charge in [0.25, 0.3) is 0 Å². The fourth-order valence-corrected chi connectivity index (χ4v) is 5.58. The van der Waals surface area contributed by atoms with Crippen molar-refractivity contribution in [3.05, 3.63) is 36.0 Å². The third-order valence-corrected chi connectivity index (χ3v) is 8.56. The van der Waals surface area contributed by atoms with Crippen LogP contribution in [0.1, 0.15) is 45.1 Å². The Morgan fingerprint density at radius 3 is 2.65 bits per heavy atom. The van der Waals surface area contributed by atoms with Gasteiger partial charge in [-0.3, -0.25) is 4.98 Å². The molecule has 1 aliphatic rings. The quantitative estimate of drug-likeness (QED) is 0.217. The van der Waals surface area contributed by atoms with E-state index in [1.807, 2.05) is 46.9 Å². The molecule has 0 aliphatic carbocycles. The molecule has 3 aromatic rings. The summed E-state index contributed by atoms with van der Waals surface area (Å²) in [6.07, 6.45) is 5.53. The van der Waals surface area contributed by atoms with Gasteiger partial charge < -0.3 is 23.7 Å². The Kier molecular flexibility index (Phi) is 9.19. The molecule has 3 aromatic heterocycles. The lowest BCUT2D eigenvalue weighted by atomic mass is 9.99. The predicted molar refractivity (Wildman–Crippen MR) is 160 cm³/mol. The maximum atomic E-state index is 12.7. The van der Waals surface area contributed by atoms with E-state index >= 15 is 0 Å². The maximum Gasteiger partial charge on any atom is 0.410 e. The van der Waals surface area contributed by atoms with Crippen molar-refractivity contribution in [2.24, 2.45) is 5.92 Å². The number of carbonyl (C=O) groups excluding carboxylic acids is 1. The van der Waals surface area contributed by atoms with Gasteiger partial charge in [0.1, 0.15) is 23.8 Å². The lowest BCUT2D eigenvalue weighted by Gasteiger charge is -2.34. The van der Waals surface area contributed by atoms with Crippen molar-refractivity contribution in [2.75, 3.05) is 26.3 Å². The minimum Gasteiger partial charge on any atom is -0.477 e. The van der Waals surface area contributed by atoms with Crippen molar-refractivity contribution in [1.29, 1.82) is 0 Å². The van der Waals surface area contributed by atoms with Gasteiger partial charge in [0, 0.05) is 57.3 Å². The number of carbonyl (C=O) groups is 1. The monoisotopic (exact) mass is 567 g/mol. The van der Waals surface area contributed by atoms with Gasteiger partial charge in [-0.05, 0) is 71.2 Å². The standard InChI is InChI=1S/C30H45N5O4Si/c1-21-16-24(11-12-31-21)25-18-35(20-37-14-15-40(6,7)8)27-26(25)28(33-22(2)32-27)38-19-23-10-9-13-34(17-23)29(36)39-30(3,4)5/h11-12,16,18,23H,9-10,13-15,17,19-20H2,1-8H3/t23-/m1/s1. The smallest absolute Gasteiger partial charge is 0.410 e. The van der Waals surface area contributed by atoms with E-state index in [9.17, 15) is 4.79 Å². The number of nitrogens with zero attached hydrogens (tertiary/aromatic N) is 5. The molecule has 1 atom stereocenters. The molecule has 10 heteroatoms. The number of pyridine rings is 1. The summed E-state index contributed by atoms with van der Waals surface area (Å²) in [4.78, 5) is 28.4. The van der Waals surface area contributed by atoms with Crippen LogP contribution in [0, 0.1) is 19.8 Å². The Hall–Kier alpha value is -2.98. The molecule has 0 radical (unpaired) electrons. The molecule has 4 rings (SSSR count). The summed E-state index contributed by atoms with van der Waals surface area (Å²) < 4.78 is 20.2. The van der Waals surface area contributed by atoms with Crippen LogP contribution in [0.4, 0.5) is 4.79 Å². The number of hydrogen-bond donors (Lipinski definition) is 0. The first-order chi connectivity index (χ1) is 18.8. The number of piperidine rings is 1. The Labute approximate surface area is 239 Å². The third kappa shape index (κ3) is 8.03. The minimum atomic E-state index is -1.19. The highest BCUT2D eigenvalue weighted by Gasteiger charge is 2.29. The highest BCUT2D eigenvalue weighted by molar-refractivity contribution is 6.76. The zero-order valence-corrected chi connectivity index (χ0v) is 26.4. The lowest BCUT2D eigenvalue weighted by molar-refractivity contribution is 0.0138. The SMILES string of the molecule is Cc1cc(-c2cn(COCC[Si](C)(C)C)c3nc(C)nc(OC[C@@H]4CCCN(C(=O)OC(C)(C)C)C4)c23)ccn1. The van der Waals surface area contributed by atoms with Crippen LogP contribution in [0.5, 0.6) is 5.88 Å². The molecule has 0 aromatic carbocycles.